The number of nitrogens with one attached hydrogen (secondary N) is 1. The number of aliphatic hydroxyl groups is 1. The van der Waals surface area contributed by atoms with Crippen LogP contribution in [0.3, 0.4) is 0 Å². The van der Waals surface area contributed by atoms with E-state index in [0.29, 0.717) is 19.1 Å². The number of carbonyl (C=O) groups is 1. The summed E-state index contributed by atoms with van der Waals surface area (Å²) < 4.78 is 5.06. The van der Waals surface area contributed by atoms with E-state index < -0.39 is 6.09 Å². The van der Waals surface area contributed by atoms with Crippen LogP contribution >= 0.6 is 0 Å². The first-order valence-corrected chi connectivity index (χ1v) is 5.86. The summed E-state index contributed by atoms with van der Waals surface area (Å²) in [5, 5.41) is 11.8. The Morgan fingerprint density at radius 3 is 2.71 bits per heavy atom. The van der Waals surface area contributed by atoms with Crippen molar-refractivity contribution < 1.29 is 14.6 Å². The Kier molecular flexibility index (Phi) is 3.98. The van der Waals surface area contributed by atoms with Crippen LogP contribution in [-0.4, -0.2) is 23.8 Å². The first kappa shape index (κ1) is 11.9. The Bertz CT molecular complexity index is 360. The molecule has 4 heteroatoms. The summed E-state index contributed by atoms with van der Waals surface area (Å²) in [5.74, 6) is 0.397. The van der Waals surface area contributed by atoms with E-state index in [4.69, 9.17) is 9.84 Å². The van der Waals surface area contributed by atoms with E-state index in [1.165, 1.54) is 0 Å². The summed E-state index contributed by atoms with van der Waals surface area (Å²) in [4.78, 5) is 11.3. The molecule has 1 aliphatic carbocycles. The molecule has 1 aromatic carbocycles. The lowest BCUT2D eigenvalue weighted by Gasteiger charge is -2.31. The zero-order valence-corrected chi connectivity index (χ0v) is 9.63. The van der Waals surface area contributed by atoms with E-state index in [1.54, 1.807) is 0 Å². The standard InChI is InChI=1S/C13H17NO3/c15-12-6-11(7-12)8-14-13(16)17-9-10-4-2-1-3-5-10/h1-5,11-12,15H,6-9H2,(H,14,16). The zero-order chi connectivity index (χ0) is 12.1. The highest BCUT2D eigenvalue weighted by atomic mass is 16.5. The smallest absolute Gasteiger partial charge is 0.407 e. The van der Waals surface area contributed by atoms with Gasteiger partial charge in [0.1, 0.15) is 6.61 Å². The Balaban J connectivity index is 1.61. The van der Waals surface area contributed by atoms with Gasteiger partial charge in [-0.25, -0.2) is 4.79 Å². The molecule has 2 N–H and O–H groups in total. The summed E-state index contributed by atoms with van der Waals surface area (Å²) in [7, 11) is 0. The lowest BCUT2D eigenvalue weighted by Crippen LogP contribution is -2.38. The van der Waals surface area contributed by atoms with E-state index in [9.17, 15) is 4.79 Å². The number of ether oxygens (including phenoxy) is 1. The van der Waals surface area contributed by atoms with E-state index >= 15 is 0 Å². The van der Waals surface area contributed by atoms with Crippen LogP contribution in [0.15, 0.2) is 30.3 Å². The highest BCUT2D eigenvalue weighted by Gasteiger charge is 2.27. The van der Waals surface area contributed by atoms with Gasteiger partial charge in [-0.05, 0) is 24.3 Å². The molecule has 1 fully saturated rings. The maximum atomic E-state index is 11.3. The average molecular weight is 235 g/mol. The minimum atomic E-state index is -0.393. The number of aliphatic hydroxyl groups excluding tert-OH is 1. The van der Waals surface area contributed by atoms with Crippen LogP contribution in [0.1, 0.15) is 18.4 Å². The van der Waals surface area contributed by atoms with Crippen LogP contribution in [0.4, 0.5) is 4.79 Å². The fourth-order valence-corrected chi connectivity index (χ4v) is 1.87. The van der Waals surface area contributed by atoms with Gasteiger partial charge in [-0.3, -0.25) is 0 Å². The number of benzene rings is 1. The molecule has 92 valence electrons. The molecule has 0 heterocycles. The fraction of sp³-hybridized carbons (Fsp3) is 0.462. The number of carbonyl (C=O) groups excluding carboxylic acids is 1. The monoisotopic (exact) mass is 235 g/mol. The lowest BCUT2D eigenvalue weighted by atomic mass is 9.82. The molecule has 1 aromatic rings. The topological polar surface area (TPSA) is 58.6 Å². The minimum absolute atomic E-state index is 0.179. The normalized spacial score (nSPS) is 22.6. The third kappa shape index (κ3) is 3.75. The van der Waals surface area contributed by atoms with Crippen molar-refractivity contribution in [3.63, 3.8) is 0 Å². The van der Waals surface area contributed by atoms with Crippen LogP contribution in [0, 0.1) is 5.92 Å². The van der Waals surface area contributed by atoms with Gasteiger partial charge in [0.25, 0.3) is 0 Å². The molecule has 17 heavy (non-hydrogen) atoms. The van der Waals surface area contributed by atoms with Gasteiger partial charge in [-0.1, -0.05) is 30.3 Å². The van der Waals surface area contributed by atoms with E-state index in [-0.39, 0.29) is 6.10 Å². The SMILES string of the molecule is O=C(NCC1CC(O)C1)OCc1ccccc1. The Labute approximate surface area is 101 Å². The number of hydrogen-bond acceptors (Lipinski definition) is 3. The van der Waals surface area contributed by atoms with Crippen molar-refractivity contribution in [2.75, 3.05) is 6.54 Å². The van der Waals surface area contributed by atoms with Crippen molar-refractivity contribution >= 4 is 6.09 Å². The van der Waals surface area contributed by atoms with E-state index in [2.05, 4.69) is 5.32 Å². The molecular weight excluding hydrogens is 218 g/mol. The summed E-state index contributed by atoms with van der Waals surface area (Å²) in [5.41, 5.74) is 0.974. The molecule has 0 saturated heterocycles. The van der Waals surface area contributed by atoms with Crippen molar-refractivity contribution in [2.24, 2.45) is 5.92 Å². The second-order valence-electron chi connectivity index (χ2n) is 4.43. The van der Waals surface area contributed by atoms with Gasteiger partial charge in [0.05, 0.1) is 6.10 Å². The van der Waals surface area contributed by atoms with Gasteiger partial charge < -0.3 is 15.2 Å². The lowest BCUT2D eigenvalue weighted by molar-refractivity contribution is 0.0418. The Morgan fingerprint density at radius 1 is 1.35 bits per heavy atom. The third-order valence-electron chi connectivity index (χ3n) is 2.96. The maximum absolute atomic E-state index is 11.3. The predicted octanol–water partition coefficient (Wildman–Crippen LogP) is 1.68. The summed E-state index contributed by atoms with van der Waals surface area (Å²) in [6, 6.07) is 9.56. The number of rotatable bonds is 4. The van der Waals surface area contributed by atoms with Crippen molar-refractivity contribution in [1.82, 2.24) is 5.32 Å². The molecule has 0 bridgehead atoms. The fourth-order valence-electron chi connectivity index (χ4n) is 1.87. The molecule has 0 radical (unpaired) electrons. The van der Waals surface area contributed by atoms with Crippen molar-refractivity contribution in [3.05, 3.63) is 35.9 Å². The van der Waals surface area contributed by atoms with E-state index in [0.717, 1.165) is 18.4 Å². The second kappa shape index (κ2) is 5.68. The molecule has 2 rings (SSSR count). The van der Waals surface area contributed by atoms with Crippen LogP contribution in [0.2, 0.25) is 0 Å². The van der Waals surface area contributed by atoms with Crippen molar-refractivity contribution in [1.29, 1.82) is 0 Å². The molecule has 0 unspecified atom stereocenters. The molecule has 1 saturated carbocycles. The van der Waals surface area contributed by atoms with Crippen LogP contribution in [-0.2, 0) is 11.3 Å². The molecule has 0 aromatic heterocycles. The molecule has 4 nitrogen and oxygen atoms in total. The van der Waals surface area contributed by atoms with Crippen LogP contribution < -0.4 is 5.32 Å². The van der Waals surface area contributed by atoms with Gasteiger partial charge >= 0.3 is 6.09 Å². The average Bonchev–Trinajstić information content (AvgIpc) is 2.32. The van der Waals surface area contributed by atoms with Gasteiger partial charge in [-0.2, -0.15) is 0 Å². The first-order chi connectivity index (χ1) is 8.24. The van der Waals surface area contributed by atoms with E-state index in [1.807, 2.05) is 30.3 Å². The van der Waals surface area contributed by atoms with Gasteiger partial charge in [0.2, 0.25) is 0 Å². The Morgan fingerprint density at radius 2 is 2.06 bits per heavy atom. The van der Waals surface area contributed by atoms with Crippen LogP contribution in [0.25, 0.3) is 0 Å². The maximum Gasteiger partial charge on any atom is 0.407 e. The quantitative estimate of drug-likeness (QED) is 0.834. The number of alkyl carbamates (subject to hydrolysis) is 1. The zero-order valence-electron chi connectivity index (χ0n) is 9.63. The van der Waals surface area contributed by atoms with Crippen molar-refractivity contribution in [2.45, 2.75) is 25.6 Å². The van der Waals surface area contributed by atoms with Gasteiger partial charge in [-0.15, -0.1) is 0 Å². The van der Waals surface area contributed by atoms with Crippen LogP contribution in [0.5, 0.6) is 0 Å². The molecule has 1 aliphatic rings. The number of hydrogen-bond donors (Lipinski definition) is 2. The second-order valence-corrected chi connectivity index (χ2v) is 4.43. The van der Waals surface area contributed by atoms with Crippen molar-refractivity contribution in [3.8, 4) is 0 Å². The molecular formula is C13H17NO3. The highest BCUT2D eigenvalue weighted by Crippen LogP contribution is 2.25. The van der Waals surface area contributed by atoms with Gasteiger partial charge in [0.15, 0.2) is 0 Å². The number of amides is 1. The molecule has 0 atom stereocenters. The molecule has 0 aliphatic heterocycles. The first-order valence-electron chi connectivity index (χ1n) is 5.86. The highest BCUT2D eigenvalue weighted by molar-refractivity contribution is 5.67. The van der Waals surface area contributed by atoms with Gasteiger partial charge in [0, 0.05) is 6.54 Å². The third-order valence-corrected chi connectivity index (χ3v) is 2.96. The summed E-state index contributed by atoms with van der Waals surface area (Å²) >= 11 is 0. The summed E-state index contributed by atoms with van der Waals surface area (Å²) in [6.07, 6.45) is 0.982. The largest absolute Gasteiger partial charge is 0.445 e. The summed E-state index contributed by atoms with van der Waals surface area (Å²) in [6.45, 7) is 0.880. The predicted molar refractivity (Wildman–Crippen MR) is 63.4 cm³/mol. The minimum Gasteiger partial charge on any atom is -0.445 e. The molecule has 0 spiro atoms. The molecule has 1 amide bonds. The Hall–Kier alpha value is -1.55.